The number of aliphatic hydroxyl groups excluding tert-OH is 1. The molecule has 1 heterocycles. The molecule has 0 radical (unpaired) electrons. The van der Waals surface area contributed by atoms with E-state index in [1.54, 1.807) is 0 Å². The molecule has 2 heteroatoms. The summed E-state index contributed by atoms with van der Waals surface area (Å²) in [4.78, 5) is 2.62. The smallest absolute Gasteiger partial charge is 0.0557 e. The van der Waals surface area contributed by atoms with E-state index in [9.17, 15) is 5.11 Å². The first-order valence-electron chi connectivity index (χ1n) is 6.14. The van der Waals surface area contributed by atoms with Gasteiger partial charge in [-0.1, -0.05) is 6.42 Å². The van der Waals surface area contributed by atoms with Gasteiger partial charge < -0.3 is 5.11 Å². The van der Waals surface area contributed by atoms with Gasteiger partial charge in [-0.3, -0.25) is 4.90 Å². The van der Waals surface area contributed by atoms with Crippen LogP contribution in [-0.2, 0) is 0 Å². The van der Waals surface area contributed by atoms with Gasteiger partial charge in [-0.2, -0.15) is 0 Å². The standard InChI is InChI=1S/C12H23NO/c1-12(7-5-6-11(14)10-12)13-8-3-2-4-9-13/h11,14H,2-10H2,1H3. The van der Waals surface area contributed by atoms with Gasteiger partial charge in [0.25, 0.3) is 0 Å². The van der Waals surface area contributed by atoms with Crippen LogP contribution in [0.25, 0.3) is 0 Å². The third-order valence-electron chi connectivity index (χ3n) is 4.05. The summed E-state index contributed by atoms with van der Waals surface area (Å²) in [6, 6.07) is 0. The minimum Gasteiger partial charge on any atom is -0.393 e. The fraction of sp³-hybridized carbons (Fsp3) is 1.00. The lowest BCUT2D eigenvalue weighted by molar-refractivity contribution is -0.00594. The molecule has 2 atom stereocenters. The SMILES string of the molecule is CC1(N2CCCCC2)CCCC(O)C1. The average molecular weight is 197 g/mol. The molecule has 2 aliphatic rings. The molecule has 0 spiro atoms. The Balaban J connectivity index is 1.98. The molecule has 82 valence electrons. The van der Waals surface area contributed by atoms with Crippen molar-refractivity contribution in [2.24, 2.45) is 0 Å². The Kier molecular flexibility index (Phi) is 3.13. The monoisotopic (exact) mass is 197 g/mol. The molecule has 0 aromatic carbocycles. The fourth-order valence-electron chi connectivity index (χ4n) is 3.15. The van der Waals surface area contributed by atoms with E-state index >= 15 is 0 Å². The van der Waals surface area contributed by atoms with Crippen LogP contribution in [0.4, 0.5) is 0 Å². The van der Waals surface area contributed by atoms with E-state index in [2.05, 4.69) is 11.8 Å². The van der Waals surface area contributed by atoms with Crippen LogP contribution in [0, 0.1) is 0 Å². The van der Waals surface area contributed by atoms with Crippen molar-refractivity contribution in [3.63, 3.8) is 0 Å². The quantitative estimate of drug-likeness (QED) is 0.696. The minimum absolute atomic E-state index is 0.0457. The van der Waals surface area contributed by atoms with Crippen LogP contribution in [0.15, 0.2) is 0 Å². The Labute approximate surface area is 87.3 Å². The van der Waals surface area contributed by atoms with Gasteiger partial charge in [0.05, 0.1) is 6.10 Å². The lowest BCUT2D eigenvalue weighted by Gasteiger charge is -2.47. The molecule has 2 unspecified atom stereocenters. The molecule has 1 aliphatic carbocycles. The lowest BCUT2D eigenvalue weighted by atomic mass is 9.79. The van der Waals surface area contributed by atoms with Gasteiger partial charge in [-0.15, -0.1) is 0 Å². The number of nitrogens with zero attached hydrogens (tertiary/aromatic N) is 1. The van der Waals surface area contributed by atoms with Gasteiger partial charge in [0.2, 0.25) is 0 Å². The van der Waals surface area contributed by atoms with Crippen LogP contribution in [0.1, 0.15) is 51.9 Å². The topological polar surface area (TPSA) is 23.5 Å². The molecule has 2 fully saturated rings. The Morgan fingerprint density at radius 3 is 2.50 bits per heavy atom. The Bertz CT molecular complexity index is 189. The molecule has 0 aromatic heterocycles. The molecule has 0 bridgehead atoms. The molecule has 2 nitrogen and oxygen atoms in total. The van der Waals surface area contributed by atoms with Gasteiger partial charge in [0.1, 0.15) is 0 Å². The molecule has 14 heavy (non-hydrogen) atoms. The number of aliphatic hydroxyl groups is 1. The number of likely N-dealkylation sites (tertiary alicyclic amines) is 1. The summed E-state index contributed by atoms with van der Waals surface area (Å²) in [5, 5.41) is 9.75. The zero-order valence-corrected chi connectivity index (χ0v) is 9.34. The number of rotatable bonds is 1. The summed E-state index contributed by atoms with van der Waals surface area (Å²) in [6.07, 6.45) is 8.55. The molecule has 1 saturated heterocycles. The van der Waals surface area contributed by atoms with Crippen molar-refractivity contribution in [1.29, 1.82) is 0 Å². The van der Waals surface area contributed by atoms with Crippen molar-refractivity contribution in [3.05, 3.63) is 0 Å². The van der Waals surface area contributed by atoms with Gasteiger partial charge in [-0.05, 0) is 58.5 Å². The van der Waals surface area contributed by atoms with Crippen LogP contribution in [0.3, 0.4) is 0 Å². The molecular formula is C12H23NO. The normalized spacial score (nSPS) is 41.1. The van der Waals surface area contributed by atoms with Crippen molar-refractivity contribution in [2.75, 3.05) is 13.1 Å². The van der Waals surface area contributed by atoms with Gasteiger partial charge in [0, 0.05) is 5.54 Å². The van der Waals surface area contributed by atoms with Crippen molar-refractivity contribution in [1.82, 2.24) is 4.90 Å². The predicted octanol–water partition coefficient (Wildman–Crippen LogP) is 2.17. The second-order valence-corrected chi connectivity index (χ2v) is 5.29. The highest BCUT2D eigenvalue weighted by Crippen LogP contribution is 2.35. The van der Waals surface area contributed by atoms with Crippen molar-refractivity contribution < 1.29 is 5.11 Å². The fourth-order valence-corrected chi connectivity index (χ4v) is 3.15. The first-order chi connectivity index (χ1) is 6.71. The van der Waals surface area contributed by atoms with E-state index in [0.29, 0.717) is 5.54 Å². The van der Waals surface area contributed by atoms with E-state index in [1.165, 1.54) is 45.2 Å². The van der Waals surface area contributed by atoms with E-state index in [4.69, 9.17) is 0 Å². The first-order valence-corrected chi connectivity index (χ1v) is 6.14. The van der Waals surface area contributed by atoms with E-state index in [0.717, 1.165) is 12.8 Å². The first kappa shape index (κ1) is 10.4. The second-order valence-electron chi connectivity index (χ2n) is 5.29. The van der Waals surface area contributed by atoms with E-state index in [1.807, 2.05) is 0 Å². The maximum atomic E-state index is 9.75. The van der Waals surface area contributed by atoms with E-state index in [-0.39, 0.29) is 6.10 Å². The summed E-state index contributed by atoms with van der Waals surface area (Å²) in [6.45, 7) is 4.85. The van der Waals surface area contributed by atoms with Crippen LogP contribution in [0.2, 0.25) is 0 Å². The van der Waals surface area contributed by atoms with Crippen LogP contribution in [-0.4, -0.2) is 34.7 Å². The lowest BCUT2D eigenvalue weighted by Crippen LogP contribution is -2.52. The van der Waals surface area contributed by atoms with Crippen molar-refractivity contribution in [2.45, 2.75) is 63.5 Å². The highest BCUT2D eigenvalue weighted by atomic mass is 16.3. The van der Waals surface area contributed by atoms with Crippen LogP contribution in [0.5, 0.6) is 0 Å². The molecule has 1 N–H and O–H groups in total. The number of piperidine rings is 1. The highest BCUT2D eigenvalue weighted by Gasteiger charge is 2.36. The second kappa shape index (κ2) is 4.19. The van der Waals surface area contributed by atoms with Crippen molar-refractivity contribution in [3.8, 4) is 0 Å². The maximum Gasteiger partial charge on any atom is 0.0557 e. The highest BCUT2D eigenvalue weighted by molar-refractivity contribution is 4.92. The van der Waals surface area contributed by atoms with Gasteiger partial charge in [0.15, 0.2) is 0 Å². The molecule has 0 aromatic rings. The summed E-state index contributed by atoms with van der Waals surface area (Å²) in [5.74, 6) is 0. The predicted molar refractivity (Wildman–Crippen MR) is 58.3 cm³/mol. The summed E-state index contributed by atoms with van der Waals surface area (Å²) in [7, 11) is 0. The zero-order valence-electron chi connectivity index (χ0n) is 9.34. The third-order valence-corrected chi connectivity index (χ3v) is 4.05. The van der Waals surface area contributed by atoms with Crippen LogP contribution >= 0.6 is 0 Å². The summed E-state index contributed by atoms with van der Waals surface area (Å²) >= 11 is 0. The largest absolute Gasteiger partial charge is 0.393 e. The molecule has 0 amide bonds. The van der Waals surface area contributed by atoms with E-state index < -0.39 is 0 Å². The molecule has 1 saturated carbocycles. The Hall–Kier alpha value is -0.0800. The Morgan fingerprint density at radius 2 is 1.86 bits per heavy atom. The summed E-state index contributed by atoms with van der Waals surface area (Å²) < 4.78 is 0. The number of hydrogen-bond acceptors (Lipinski definition) is 2. The number of hydrogen-bond donors (Lipinski definition) is 1. The Morgan fingerprint density at radius 1 is 1.14 bits per heavy atom. The summed E-state index contributed by atoms with van der Waals surface area (Å²) in [5.41, 5.74) is 0.304. The van der Waals surface area contributed by atoms with Gasteiger partial charge >= 0.3 is 0 Å². The minimum atomic E-state index is -0.0457. The molecular weight excluding hydrogens is 174 g/mol. The van der Waals surface area contributed by atoms with Crippen molar-refractivity contribution >= 4 is 0 Å². The third kappa shape index (κ3) is 2.12. The molecule has 1 aliphatic heterocycles. The molecule has 2 rings (SSSR count). The van der Waals surface area contributed by atoms with Gasteiger partial charge in [-0.25, -0.2) is 0 Å². The zero-order chi connectivity index (χ0) is 10.0. The average Bonchev–Trinajstić information content (AvgIpc) is 2.19. The van der Waals surface area contributed by atoms with Crippen LogP contribution < -0.4 is 0 Å². The maximum absolute atomic E-state index is 9.75.